The number of hydrogen-bond donors (Lipinski definition) is 1. The second-order valence-electron chi connectivity index (χ2n) is 3.97. The van der Waals surface area contributed by atoms with Crippen LogP contribution in [0.3, 0.4) is 0 Å². The molecule has 2 aromatic rings. The highest BCUT2D eigenvalue weighted by Gasteiger charge is 2.30. The molecule has 0 amide bonds. The van der Waals surface area contributed by atoms with Crippen molar-refractivity contribution in [2.75, 3.05) is 5.43 Å². The first-order valence-corrected chi connectivity index (χ1v) is 6.47. The molecule has 0 aliphatic heterocycles. The fraction of sp³-hybridized carbons (Fsp3) is 0.0714. The minimum absolute atomic E-state index is 0.350. The molecule has 0 aromatic heterocycles. The van der Waals surface area contributed by atoms with Crippen LogP contribution in [0.4, 0.5) is 18.9 Å². The zero-order valence-electron chi connectivity index (χ0n) is 10.2. The highest BCUT2D eigenvalue weighted by molar-refractivity contribution is 9.10. The second kappa shape index (κ2) is 6.09. The molecule has 0 radical (unpaired) electrons. The molecule has 0 saturated carbocycles. The molecular weight excluding hydrogens is 333 g/mol. The van der Waals surface area contributed by atoms with Gasteiger partial charge in [0.2, 0.25) is 0 Å². The molecule has 0 heterocycles. The average Bonchev–Trinajstić information content (AvgIpc) is 2.41. The number of alkyl halides is 3. The third-order valence-electron chi connectivity index (χ3n) is 2.49. The lowest BCUT2D eigenvalue weighted by atomic mass is 10.1. The van der Waals surface area contributed by atoms with E-state index in [0.29, 0.717) is 10.0 Å². The smallest absolute Gasteiger partial charge is 0.279 e. The van der Waals surface area contributed by atoms with Crippen molar-refractivity contribution in [1.29, 1.82) is 0 Å². The number of hydrazone groups is 1. The largest absolute Gasteiger partial charge is 0.416 e. The van der Waals surface area contributed by atoms with Crippen LogP contribution in [0.1, 0.15) is 11.1 Å². The van der Waals surface area contributed by atoms with Gasteiger partial charge in [-0.05, 0) is 30.3 Å². The highest BCUT2D eigenvalue weighted by Crippen LogP contribution is 2.31. The van der Waals surface area contributed by atoms with Gasteiger partial charge in [0.25, 0.3) is 0 Å². The highest BCUT2D eigenvalue weighted by atomic mass is 79.9. The van der Waals surface area contributed by atoms with Gasteiger partial charge in [0.1, 0.15) is 0 Å². The van der Waals surface area contributed by atoms with Gasteiger partial charge in [0.05, 0.1) is 17.5 Å². The summed E-state index contributed by atoms with van der Waals surface area (Å²) in [4.78, 5) is 0. The number of hydrogen-bond acceptors (Lipinski definition) is 2. The zero-order valence-corrected chi connectivity index (χ0v) is 11.7. The summed E-state index contributed by atoms with van der Waals surface area (Å²) in [5, 5.41) is 3.92. The fourth-order valence-electron chi connectivity index (χ4n) is 1.51. The number of para-hydroxylation sites is 1. The number of benzene rings is 2. The first-order valence-electron chi connectivity index (χ1n) is 5.68. The van der Waals surface area contributed by atoms with E-state index in [9.17, 15) is 13.2 Å². The van der Waals surface area contributed by atoms with Gasteiger partial charge >= 0.3 is 6.18 Å². The van der Waals surface area contributed by atoms with E-state index in [1.807, 2.05) is 18.2 Å². The summed E-state index contributed by atoms with van der Waals surface area (Å²) >= 11 is 3.20. The third-order valence-corrected chi connectivity index (χ3v) is 3.22. The molecule has 2 aromatic carbocycles. The molecule has 0 saturated heterocycles. The normalized spacial score (nSPS) is 11.8. The van der Waals surface area contributed by atoms with Crippen LogP contribution < -0.4 is 5.43 Å². The summed E-state index contributed by atoms with van der Waals surface area (Å²) in [7, 11) is 0. The fourth-order valence-corrected chi connectivity index (χ4v) is 1.86. The van der Waals surface area contributed by atoms with Crippen molar-refractivity contribution in [1.82, 2.24) is 0 Å². The number of nitrogens with zero attached hydrogens (tertiary/aromatic N) is 1. The first kappa shape index (κ1) is 14.6. The molecule has 0 bridgehead atoms. The van der Waals surface area contributed by atoms with E-state index in [2.05, 4.69) is 26.5 Å². The van der Waals surface area contributed by atoms with E-state index in [1.165, 1.54) is 12.3 Å². The molecule has 6 heteroatoms. The molecule has 104 valence electrons. The van der Waals surface area contributed by atoms with Crippen LogP contribution >= 0.6 is 15.9 Å². The molecule has 0 fully saturated rings. The molecule has 0 atom stereocenters. The van der Waals surface area contributed by atoms with Gasteiger partial charge in [-0.2, -0.15) is 18.3 Å². The topological polar surface area (TPSA) is 24.4 Å². The van der Waals surface area contributed by atoms with Crippen molar-refractivity contribution in [3.63, 3.8) is 0 Å². The van der Waals surface area contributed by atoms with Crippen molar-refractivity contribution in [2.24, 2.45) is 5.10 Å². The summed E-state index contributed by atoms with van der Waals surface area (Å²) < 4.78 is 38.4. The Morgan fingerprint density at radius 2 is 1.75 bits per heavy atom. The van der Waals surface area contributed by atoms with Crippen LogP contribution in [0.5, 0.6) is 0 Å². The van der Waals surface area contributed by atoms with Crippen molar-refractivity contribution < 1.29 is 13.2 Å². The van der Waals surface area contributed by atoms with Crippen molar-refractivity contribution in [3.8, 4) is 0 Å². The van der Waals surface area contributed by atoms with Gasteiger partial charge in [-0.15, -0.1) is 0 Å². The molecule has 20 heavy (non-hydrogen) atoms. The average molecular weight is 343 g/mol. The van der Waals surface area contributed by atoms with Crippen LogP contribution in [0.2, 0.25) is 0 Å². The molecule has 1 N–H and O–H groups in total. The Balaban J connectivity index is 2.16. The van der Waals surface area contributed by atoms with Crippen molar-refractivity contribution >= 4 is 27.8 Å². The Morgan fingerprint density at radius 1 is 1.05 bits per heavy atom. The summed E-state index contributed by atoms with van der Waals surface area (Å²) in [5.41, 5.74) is 3.15. The quantitative estimate of drug-likeness (QED) is 0.621. The molecule has 2 nitrogen and oxygen atoms in total. The van der Waals surface area contributed by atoms with Crippen LogP contribution in [-0.4, -0.2) is 6.21 Å². The van der Waals surface area contributed by atoms with Gasteiger partial charge < -0.3 is 0 Å². The van der Waals surface area contributed by atoms with Crippen molar-refractivity contribution in [3.05, 3.63) is 64.1 Å². The van der Waals surface area contributed by atoms with Crippen LogP contribution in [0.25, 0.3) is 0 Å². The number of rotatable bonds is 3. The summed E-state index contributed by atoms with van der Waals surface area (Å²) in [5.74, 6) is 0. The standard InChI is InChI=1S/C14H10BrF3N2/c15-13-7-6-11(14(16,17)18)8-10(13)9-19-20-12-4-2-1-3-5-12/h1-9,20H. The van der Waals surface area contributed by atoms with Crippen LogP contribution in [0.15, 0.2) is 58.1 Å². The maximum atomic E-state index is 12.6. The monoisotopic (exact) mass is 342 g/mol. The lowest BCUT2D eigenvalue weighted by Crippen LogP contribution is -2.05. The number of nitrogens with one attached hydrogen (secondary N) is 1. The van der Waals surface area contributed by atoms with E-state index >= 15 is 0 Å². The first-order chi connectivity index (χ1) is 9.47. The summed E-state index contributed by atoms with van der Waals surface area (Å²) in [6.45, 7) is 0. The molecule has 0 spiro atoms. The van der Waals surface area contributed by atoms with Gasteiger partial charge in [0, 0.05) is 10.0 Å². The number of anilines is 1. The van der Waals surface area contributed by atoms with E-state index in [-0.39, 0.29) is 0 Å². The Bertz CT molecular complexity index is 610. The Hall–Kier alpha value is -1.82. The maximum Gasteiger partial charge on any atom is 0.416 e. The Kier molecular flexibility index (Phi) is 4.44. The molecule has 2 rings (SSSR count). The second-order valence-corrected chi connectivity index (χ2v) is 4.82. The predicted molar refractivity (Wildman–Crippen MR) is 76.8 cm³/mol. The van der Waals surface area contributed by atoms with Gasteiger partial charge in [0.15, 0.2) is 0 Å². The van der Waals surface area contributed by atoms with E-state index in [4.69, 9.17) is 0 Å². The SMILES string of the molecule is FC(F)(F)c1ccc(Br)c(C=NNc2ccccc2)c1. The lowest BCUT2D eigenvalue weighted by Gasteiger charge is -2.08. The minimum Gasteiger partial charge on any atom is -0.279 e. The molecule has 0 aliphatic carbocycles. The molecular formula is C14H10BrF3N2. The molecule has 0 aliphatic rings. The van der Waals surface area contributed by atoms with Crippen LogP contribution in [-0.2, 0) is 6.18 Å². The number of halogens is 4. The maximum absolute atomic E-state index is 12.6. The predicted octanol–water partition coefficient (Wildman–Crippen LogP) is 4.91. The zero-order chi connectivity index (χ0) is 14.6. The van der Waals surface area contributed by atoms with Gasteiger partial charge in [-0.1, -0.05) is 34.1 Å². The molecule has 0 unspecified atom stereocenters. The summed E-state index contributed by atoms with van der Waals surface area (Å²) in [6.07, 6.45) is -3.03. The Labute approximate surface area is 122 Å². The van der Waals surface area contributed by atoms with Crippen molar-refractivity contribution in [2.45, 2.75) is 6.18 Å². The van der Waals surface area contributed by atoms with E-state index in [0.717, 1.165) is 17.8 Å². The van der Waals surface area contributed by atoms with E-state index < -0.39 is 11.7 Å². The van der Waals surface area contributed by atoms with E-state index in [1.54, 1.807) is 12.1 Å². The third kappa shape index (κ3) is 3.84. The van der Waals surface area contributed by atoms with Crippen LogP contribution in [0, 0.1) is 0 Å². The van der Waals surface area contributed by atoms with Gasteiger partial charge in [-0.3, -0.25) is 5.43 Å². The van der Waals surface area contributed by atoms with Gasteiger partial charge in [-0.25, -0.2) is 0 Å². The minimum atomic E-state index is -4.36. The summed E-state index contributed by atoms with van der Waals surface area (Å²) in [6, 6.07) is 12.5. The lowest BCUT2D eigenvalue weighted by molar-refractivity contribution is -0.137. The Morgan fingerprint density at radius 3 is 2.40 bits per heavy atom.